The highest BCUT2D eigenvalue weighted by atomic mass is 16.5. The van der Waals surface area contributed by atoms with E-state index in [-0.39, 0.29) is 6.54 Å². The summed E-state index contributed by atoms with van der Waals surface area (Å²) < 4.78 is 13.7. The standard InChI is InChI=1S/C11H12N2O2/c1-15-11-6-8-2-3-13(4-5-14)10(8)7-9(11)12/h2-3,5-7H,4,12H2,1H3/i5D. The van der Waals surface area contributed by atoms with Gasteiger partial charge < -0.3 is 19.8 Å². The number of hydrogen-bond donors (Lipinski definition) is 1. The molecule has 0 atom stereocenters. The SMILES string of the molecule is [2H]C(=O)Cn1ccc2cc(OC)c(N)cc21. The third-order valence-corrected chi connectivity index (χ3v) is 2.36. The summed E-state index contributed by atoms with van der Waals surface area (Å²) in [6.07, 6.45) is 1.13. The highest BCUT2D eigenvalue weighted by Crippen LogP contribution is 2.28. The number of rotatable bonds is 3. The fraction of sp³-hybridized carbons (Fsp3) is 0.182. The lowest BCUT2D eigenvalue weighted by Gasteiger charge is -2.06. The monoisotopic (exact) mass is 205 g/mol. The van der Waals surface area contributed by atoms with E-state index in [1.54, 1.807) is 23.9 Å². The molecule has 2 N–H and O–H groups in total. The van der Waals surface area contributed by atoms with Crippen LogP contribution in [-0.4, -0.2) is 17.9 Å². The summed E-state index contributed by atoms with van der Waals surface area (Å²) in [5.74, 6) is 0.613. The molecule has 2 rings (SSSR count). The fourth-order valence-electron chi connectivity index (χ4n) is 1.62. The van der Waals surface area contributed by atoms with E-state index in [2.05, 4.69) is 0 Å². The van der Waals surface area contributed by atoms with Crippen molar-refractivity contribution in [1.82, 2.24) is 4.57 Å². The van der Waals surface area contributed by atoms with Crippen LogP contribution in [0, 0.1) is 0 Å². The topological polar surface area (TPSA) is 57.2 Å². The summed E-state index contributed by atoms with van der Waals surface area (Å²) in [5, 5.41) is 0.937. The molecule has 1 aromatic carbocycles. The maximum Gasteiger partial charge on any atom is 0.142 e. The number of benzene rings is 1. The second-order valence-corrected chi connectivity index (χ2v) is 3.24. The van der Waals surface area contributed by atoms with Gasteiger partial charge in [-0.2, -0.15) is 0 Å². The maximum absolute atomic E-state index is 10.8. The minimum absolute atomic E-state index is 0.0370. The van der Waals surface area contributed by atoms with Gasteiger partial charge in [0.15, 0.2) is 0 Å². The minimum atomic E-state index is -0.633. The Morgan fingerprint density at radius 3 is 3.13 bits per heavy atom. The molecule has 0 aliphatic heterocycles. The Morgan fingerprint density at radius 2 is 2.47 bits per heavy atom. The lowest BCUT2D eigenvalue weighted by Crippen LogP contribution is -1.98. The van der Waals surface area contributed by atoms with Crippen LogP contribution in [0.3, 0.4) is 0 Å². The van der Waals surface area contributed by atoms with Gasteiger partial charge in [0.2, 0.25) is 0 Å². The third-order valence-electron chi connectivity index (χ3n) is 2.36. The van der Waals surface area contributed by atoms with E-state index in [9.17, 15) is 4.79 Å². The second kappa shape index (κ2) is 3.65. The fourth-order valence-corrected chi connectivity index (χ4v) is 1.62. The van der Waals surface area contributed by atoms with Crippen molar-refractivity contribution in [2.24, 2.45) is 0 Å². The van der Waals surface area contributed by atoms with E-state index in [4.69, 9.17) is 11.8 Å². The Kier molecular flexibility index (Phi) is 2.03. The summed E-state index contributed by atoms with van der Waals surface area (Å²) >= 11 is 0. The Morgan fingerprint density at radius 1 is 1.67 bits per heavy atom. The zero-order valence-electron chi connectivity index (χ0n) is 9.36. The number of nitrogens with zero attached hydrogens (tertiary/aromatic N) is 1. The summed E-state index contributed by atoms with van der Waals surface area (Å²) in [4.78, 5) is 10.8. The van der Waals surface area contributed by atoms with E-state index >= 15 is 0 Å². The largest absolute Gasteiger partial charge is 0.495 e. The minimum Gasteiger partial charge on any atom is -0.495 e. The molecule has 4 heteroatoms. The van der Waals surface area contributed by atoms with Gasteiger partial charge in [-0.3, -0.25) is 0 Å². The molecule has 1 heterocycles. The molecule has 0 saturated heterocycles. The molecule has 2 aromatic rings. The van der Waals surface area contributed by atoms with Crippen molar-refractivity contribution in [3.63, 3.8) is 0 Å². The van der Waals surface area contributed by atoms with Gasteiger partial charge in [-0.05, 0) is 18.2 Å². The number of aromatic nitrogens is 1. The average molecular weight is 205 g/mol. The van der Waals surface area contributed by atoms with Gasteiger partial charge in [0.25, 0.3) is 0 Å². The molecule has 0 amide bonds. The number of anilines is 1. The first-order valence-corrected chi connectivity index (χ1v) is 4.53. The lowest BCUT2D eigenvalue weighted by atomic mass is 10.2. The number of nitrogen functional groups attached to an aromatic ring is 1. The van der Waals surface area contributed by atoms with Gasteiger partial charge in [0.05, 0.1) is 24.9 Å². The van der Waals surface area contributed by atoms with E-state index in [0.717, 1.165) is 10.9 Å². The molecule has 0 aliphatic carbocycles. The van der Waals surface area contributed by atoms with Crippen LogP contribution in [0.4, 0.5) is 5.69 Å². The van der Waals surface area contributed by atoms with Gasteiger partial charge in [-0.25, -0.2) is 0 Å². The highest BCUT2D eigenvalue weighted by Gasteiger charge is 2.05. The van der Waals surface area contributed by atoms with E-state index in [1.165, 1.54) is 0 Å². The lowest BCUT2D eigenvalue weighted by molar-refractivity contribution is -0.108. The molecule has 0 bridgehead atoms. The van der Waals surface area contributed by atoms with Crippen LogP contribution >= 0.6 is 0 Å². The van der Waals surface area contributed by atoms with Crippen molar-refractivity contribution in [3.05, 3.63) is 24.4 Å². The molecule has 0 fully saturated rings. The zero-order valence-corrected chi connectivity index (χ0v) is 8.36. The molecule has 1 aromatic heterocycles. The van der Waals surface area contributed by atoms with Crippen LogP contribution in [-0.2, 0) is 11.3 Å². The highest BCUT2D eigenvalue weighted by molar-refractivity contribution is 5.86. The average Bonchev–Trinajstić information content (AvgIpc) is 2.59. The summed E-state index contributed by atoms with van der Waals surface area (Å²) in [7, 11) is 1.56. The molecule has 4 nitrogen and oxygen atoms in total. The van der Waals surface area contributed by atoms with Gasteiger partial charge in [0.1, 0.15) is 13.4 Å². The van der Waals surface area contributed by atoms with E-state index < -0.39 is 6.26 Å². The molecule has 0 saturated carbocycles. The van der Waals surface area contributed by atoms with Crippen LogP contribution in [0.5, 0.6) is 5.75 Å². The maximum atomic E-state index is 10.8. The normalized spacial score (nSPS) is 11.4. The van der Waals surface area contributed by atoms with Gasteiger partial charge in [-0.15, -0.1) is 0 Å². The first kappa shape index (κ1) is 8.35. The predicted octanol–water partition coefficient (Wildman–Crippen LogP) is 1.43. The number of ether oxygens (including phenoxy) is 1. The number of aldehydes is 1. The van der Waals surface area contributed by atoms with Crippen LogP contribution in [0.1, 0.15) is 1.37 Å². The Bertz CT molecular complexity index is 548. The van der Waals surface area contributed by atoms with Crippen molar-refractivity contribution >= 4 is 22.9 Å². The van der Waals surface area contributed by atoms with Gasteiger partial charge in [-0.1, -0.05) is 0 Å². The van der Waals surface area contributed by atoms with Gasteiger partial charge >= 0.3 is 0 Å². The van der Waals surface area contributed by atoms with Crippen LogP contribution < -0.4 is 10.5 Å². The van der Waals surface area contributed by atoms with Crippen LogP contribution in [0.25, 0.3) is 10.9 Å². The molecule has 0 aliphatic rings. The molecular weight excluding hydrogens is 192 g/mol. The number of nitrogens with two attached hydrogens (primary N) is 1. The second-order valence-electron chi connectivity index (χ2n) is 3.24. The molecular formula is C11H12N2O2. The molecule has 0 unspecified atom stereocenters. The van der Waals surface area contributed by atoms with Crippen molar-refractivity contribution in [3.8, 4) is 5.75 Å². The van der Waals surface area contributed by atoms with Crippen LogP contribution in [0.2, 0.25) is 0 Å². The van der Waals surface area contributed by atoms with Gasteiger partial charge in [0, 0.05) is 11.6 Å². The Labute approximate surface area is 88.6 Å². The third kappa shape index (κ3) is 1.54. The summed E-state index contributed by atoms with van der Waals surface area (Å²) in [6.45, 7) is 0.0370. The number of carbonyl (C=O) groups excluding carboxylic acids is 1. The predicted molar refractivity (Wildman–Crippen MR) is 59.0 cm³/mol. The quantitative estimate of drug-likeness (QED) is 0.609. The first-order valence-electron chi connectivity index (χ1n) is 5.03. The zero-order chi connectivity index (χ0) is 11.7. The number of methoxy groups -OCH3 is 1. The summed E-state index contributed by atoms with van der Waals surface area (Å²) in [6, 6.07) is 5.42. The first-order chi connectivity index (χ1) is 7.61. The number of hydrogen-bond acceptors (Lipinski definition) is 3. The smallest absolute Gasteiger partial charge is 0.142 e. The number of carbonyl (C=O) groups is 1. The van der Waals surface area contributed by atoms with Crippen molar-refractivity contribution in [2.75, 3.05) is 12.8 Å². The molecule has 0 radical (unpaired) electrons. The van der Waals surface area contributed by atoms with Crippen LogP contribution in [0.15, 0.2) is 24.4 Å². The molecule has 0 spiro atoms. The number of fused-ring (bicyclic) bond motifs is 1. The van der Waals surface area contributed by atoms with Crippen molar-refractivity contribution < 1.29 is 10.9 Å². The van der Waals surface area contributed by atoms with E-state index in [0.29, 0.717) is 11.4 Å². The Balaban J connectivity index is 2.55. The summed E-state index contributed by atoms with van der Waals surface area (Å²) in [5.41, 5.74) is 7.14. The van der Waals surface area contributed by atoms with Crippen molar-refractivity contribution in [2.45, 2.75) is 6.54 Å². The molecule has 15 heavy (non-hydrogen) atoms. The Hall–Kier alpha value is -1.97. The molecule has 78 valence electrons. The van der Waals surface area contributed by atoms with E-state index in [1.807, 2.05) is 12.1 Å². The van der Waals surface area contributed by atoms with Crippen molar-refractivity contribution in [1.29, 1.82) is 0 Å².